The summed E-state index contributed by atoms with van der Waals surface area (Å²) in [6.07, 6.45) is 0.0992. The van der Waals surface area contributed by atoms with Gasteiger partial charge in [0.1, 0.15) is 12.8 Å². The van der Waals surface area contributed by atoms with Gasteiger partial charge in [-0.2, -0.15) is 0 Å². The number of likely N-dealkylation sites (N-methyl/N-ethyl adjacent to an activating group) is 1. The summed E-state index contributed by atoms with van der Waals surface area (Å²) < 4.78 is 0. The summed E-state index contributed by atoms with van der Waals surface area (Å²) in [6.45, 7) is -0.367. The Morgan fingerprint density at radius 1 is 1.33 bits per heavy atom. The average molecular weight is 256 g/mol. The molecule has 0 saturated heterocycles. The van der Waals surface area contributed by atoms with Crippen molar-refractivity contribution in [2.24, 2.45) is 0 Å². The molecule has 7 heteroatoms. The van der Waals surface area contributed by atoms with E-state index in [-0.39, 0.29) is 24.7 Å². The Labute approximate surface area is 104 Å². The molecule has 0 aliphatic rings. The van der Waals surface area contributed by atoms with E-state index < -0.39 is 12.0 Å². The van der Waals surface area contributed by atoms with E-state index in [0.29, 0.717) is 11.3 Å². The van der Waals surface area contributed by atoms with Crippen LogP contribution in [0.4, 0.5) is 5.69 Å². The SMILES string of the molecule is CNC(Cc1cc(O)c(O)cc1NCO)C(=O)O. The van der Waals surface area contributed by atoms with E-state index in [1.807, 2.05) is 0 Å². The van der Waals surface area contributed by atoms with Gasteiger partial charge in [-0.05, 0) is 18.7 Å². The van der Waals surface area contributed by atoms with Crippen molar-refractivity contribution in [2.75, 3.05) is 19.1 Å². The number of aliphatic hydroxyl groups is 1. The Kier molecular flexibility index (Phi) is 4.75. The van der Waals surface area contributed by atoms with Crippen molar-refractivity contribution in [2.45, 2.75) is 12.5 Å². The zero-order chi connectivity index (χ0) is 13.7. The first kappa shape index (κ1) is 14.1. The maximum atomic E-state index is 10.9. The quantitative estimate of drug-likeness (QED) is 0.234. The molecule has 1 aromatic carbocycles. The van der Waals surface area contributed by atoms with Crippen LogP contribution in [0.1, 0.15) is 5.56 Å². The molecule has 100 valence electrons. The van der Waals surface area contributed by atoms with E-state index in [4.69, 9.17) is 10.2 Å². The normalized spacial score (nSPS) is 12.1. The van der Waals surface area contributed by atoms with Gasteiger partial charge in [0.2, 0.25) is 0 Å². The second-order valence-corrected chi connectivity index (χ2v) is 3.72. The van der Waals surface area contributed by atoms with Crippen molar-refractivity contribution < 1.29 is 25.2 Å². The third-order valence-corrected chi connectivity index (χ3v) is 2.54. The molecule has 1 atom stereocenters. The van der Waals surface area contributed by atoms with Gasteiger partial charge in [-0.1, -0.05) is 0 Å². The van der Waals surface area contributed by atoms with E-state index in [2.05, 4.69) is 10.6 Å². The molecule has 0 aliphatic heterocycles. The Morgan fingerprint density at radius 3 is 2.44 bits per heavy atom. The third-order valence-electron chi connectivity index (χ3n) is 2.54. The van der Waals surface area contributed by atoms with Crippen LogP contribution in [0.15, 0.2) is 12.1 Å². The van der Waals surface area contributed by atoms with Crippen LogP contribution in [0.5, 0.6) is 11.5 Å². The van der Waals surface area contributed by atoms with Crippen LogP contribution in [0.2, 0.25) is 0 Å². The largest absolute Gasteiger partial charge is 0.504 e. The number of nitrogens with one attached hydrogen (secondary N) is 2. The number of carbonyl (C=O) groups is 1. The number of hydrogen-bond donors (Lipinski definition) is 6. The van der Waals surface area contributed by atoms with Gasteiger partial charge in [-0.25, -0.2) is 0 Å². The molecule has 0 amide bonds. The number of carboxylic acids is 1. The topological polar surface area (TPSA) is 122 Å². The standard InChI is InChI=1S/C11H16N2O5/c1-12-8(11(17)18)2-6-3-9(15)10(16)4-7(6)13-5-14/h3-4,8,12-16H,2,5H2,1H3,(H,17,18). The minimum absolute atomic E-state index is 0.0992. The minimum atomic E-state index is -1.03. The maximum Gasteiger partial charge on any atom is 0.321 e. The molecule has 6 N–H and O–H groups in total. The zero-order valence-corrected chi connectivity index (χ0v) is 9.84. The number of phenols is 2. The van der Waals surface area contributed by atoms with Gasteiger partial charge in [-0.15, -0.1) is 0 Å². The lowest BCUT2D eigenvalue weighted by atomic mass is 10.0. The van der Waals surface area contributed by atoms with Crippen molar-refractivity contribution in [1.82, 2.24) is 5.32 Å². The zero-order valence-electron chi connectivity index (χ0n) is 9.84. The smallest absolute Gasteiger partial charge is 0.321 e. The molecule has 7 nitrogen and oxygen atoms in total. The Bertz CT molecular complexity index is 436. The third kappa shape index (κ3) is 3.25. The number of aromatic hydroxyl groups is 2. The number of hydrogen-bond acceptors (Lipinski definition) is 6. The number of aliphatic carboxylic acids is 1. The average Bonchev–Trinajstić information content (AvgIpc) is 2.31. The first-order chi connectivity index (χ1) is 8.49. The fourth-order valence-electron chi connectivity index (χ4n) is 1.57. The van der Waals surface area contributed by atoms with Gasteiger partial charge in [-0.3, -0.25) is 4.79 Å². The lowest BCUT2D eigenvalue weighted by Gasteiger charge is -2.16. The van der Waals surface area contributed by atoms with Crippen molar-refractivity contribution in [1.29, 1.82) is 0 Å². The molecule has 1 unspecified atom stereocenters. The number of aliphatic hydroxyl groups excluding tert-OH is 1. The molecule has 0 bridgehead atoms. The molecular formula is C11H16N2O5. The van der Waals surface area contributed by atoms with Crippen molar-refractivity contribution in [3.05, 3.63) is 17.7 Å². The molecule has 18 heavy (non-hydrogen) atoms. The molecule has 0 saturated carbocycles. The lowest BCUT2D eigenvalue weighted by Crippen LogP contribution is -2.35. The Morgan fingerprint density at radius 2 is 1.94 bits per heavy atom. The first-order valence-electron chi connectivity index (χ1n) is 5.29. The fraction of sp³-hybridized carbons (Fsp3) is 0.364. The molecular weight excluding hydrogens is 240 g/mol. The molecule has 1 rings (SSSR count). The summed E-state index contributed by atoms with van der Waals surface area (Å²) in [5, 5.41) is 41.7. The molecule has 0 spiro atoms. The highest BCUT2D eigenvalue weighted by molar-refractivity contribution is 5.74. The first-order valence-corrected chi connectivity index (χ1v) is 5.29. The van der Waals surface area contributed by atoms with Gasteiger partial charge >= 0.3 is 5.97 Å². The van der Waals surface area contributed by atoms with E-state index >= 15 is 0 Å². The highest BCUT2D eigenvalue weighted by Crippen LogP contribution is 2.32. The van der Waals surface area contributed by atoms with Crippen LogP contribution in [0.25, 0.3) is 0 Å². The number of anilines is 1. The molecule has 0 aromatic heterocycles. The molecule has 0 fully saturated rings. The van der Waals surface area contributed by atoms with Gasteiger partial charge in [0.15, 0.2) is 11.5 Å². The van der Waals surface area contributed by atoms with E-state index in [0.717, 1.165) is 0 Å². The molecule has 1 aromatic rings. The van der Waals surface area contributed by atoms with Crippen molar-refractivity contribution in [3.8, 4) is 11.5 Å². The minimum Gasteiger partial charge on any atom is -0.504 e. The highest BCUT2D eigenvalue weighted by Gasteiger charge is 2.18. The molecule has 0 aliphatic carbocycles. The summed E-state index contributed by atoms with van der Waals surface area (Å²) in [5.74, 6) is -1.71. The van der Waals surface area contributed by atoms with Crippen molar-refractivity contribution >= 4 is 11.7 Å². The van der Waals surface area contributed by atoms with Crippen molar-refractivity contribution in [3.63, 3.8) is 0 Å². The van der Waals surface area contributed by atoms with Gasteiger partial charge in [0.25, 0.3) is 0 Å². The second kappa shape index (κ2) is 6.08. The van der Waals surface area contributed by atoms with Gasteiger partial charge in [0.05, 0.1) is 0 Å². The Hall–Kier alpha value is -1.99. The van der Waals surface area contributed by atoms with Crippen LogP contribution in [-0.2, 0) is 11.2 Å². The molecule has 0 heterocycles. The van der Waals surface area contributed by atoms with Gasteiger partial charge < -0.3 is 31.1 Å². The number of benzene rings is 1. The number of carboxylic acid groups (broad SMARTS) is 1. The van der Waals surface area contributed by atoms with Gasteiger partial charge in [0, 0.05) is 18.2 Å². The lowest BCUT2D eigenvalue weighted by molar-refractivity contribution is -0.139. The highest BCUT2D eigenvalue weighted by atomic mass is 16.4. The second-order valence-electron chi connectivity index (χ2n) is 3.72. The monoisotopic (exact) mass is 256 g/mol. The van der Waals surface area contributed by atoms with Crippen LogP contribution in [-0.4, -0.2) is 46.2 Å². The van der Waals surface area contributed by atoms with E-state index in [1.165, 1.54) is 19.2 Å². The summed E-state index contributed by atoms with van der Waals surface area (Å²) in [6, 6.07) is 1.67. The summed E-state index contributed by atoms with van der Waals surface area (Å²) >= 11 is 0. The number of phenolic OH excluding ortho intramolecular Hbond substituents is 2. The van der Waals surface area contributed by atoms with Crippen LogP contribution in [0, 0.1) is 0 Å². The maximum absolute atomic E-state index is 10.9. The van der Waals surface area contributed by atoms with Crippen LogP contribution in [0.3, 0.4) is 0 Å². The Balaban J connectivity index is 3.05. The fourth-order valence-corrected chi connectivity index (χ4v) is 1.57. The van der Waals surface area contributed by atoms with Crippen LogP contribution < -0.4 is 10.6 Å². The predicted octanol–water partition coefficient (Wildman–Crippen LogP) is -0.325. The van der Waals surface area contributed by atoms with Crippen LogP contribution >= 0.6 is 0 Å². The predicted molar refractivity (Wildman–Crippen MR) is 64.7 cm³/mol. The summed E-state index contributed by atoms with van der Waals surface area (Å²) in [5.41, 5.74) is 0.843. The van der Waals surface area contributed by atoms with E-state index in [9.17, 15) is 15.0 Å². The number of rotatable bonds is 6. The molecule has 0 radical (unpaired) electrons. The summed E-state index contributed by atoms with van der Waals surface area (Å²) in [7, 11) is 1.51. The van der Waals surface area contributed by atoms with E-state index in [1.54, 1.807) is 0 Å². The summed E-state index contributed by atoms with van der Waals surface area (Å²) in [4.78, 5) is 10.9.